The fourth-order valence-electron chi connectivity index (χ4n) is 3.34. The fourth-order valence-corrected chi connectivity index (χ4v) is 3.34. The number of para-hydroxylation sites is 1. The molecule has 0 unspecified atom stereocenters. The second kappa shape index (κ2) is 7.09. The molecule has 0 atom stereocenters. The van der Waals surface area contributed by atoms with Crippen LogP contribution in [0.2, 0.25) is 0 Å². The van der Waals surface area contributed by atoms with Crippen molar-refractivity contribution >= 4 is 11.9 Å². The Kier molecular flexibility index (Phi) is 4.88. The first-order valence-corrected chi connectivity index (χ1v) is 8.68. The lowest BCUT2D eigenvalue weighted by atomic mass is 10.1. The minimum absolute atomic E-state index is 0.0640. The van der Waals surface area contributed by atoms with E-state index >= 15 is 0 Å². The number of carbonyl (C=O) groups is 2. The topological polar surface area (TPSA) is 75.4 Å². The summed E-state index contributed by atoms with van der Waals surface area (Å²) in [4.78, 5) is 25.6. The van der Waals surface area contributed by atoms with Gasteiger partial charge in [-0.25, -0.2) is 4.68 Å². The Bertz CT molecular complexity index is 781. The molecule has 0 radical (unpaired) electrons. The van der Waals surface area contributed by atoms with Crippen molar-refractivity contribution < 1.29 is 14.7 Å². The zero-order chi connectivity index (χ0) is 18.0. The van der Waals surface area contributed by atoms with Crippen LogP contribution in [0.15, 0.2) is 30.3 Å². The molecule has 1 heterocycles. The van der Waals surface area contributed by atoms with Crippen LogP contribution in [-0.4, -0.2) is 44.3 Å². The van der Waals surface area contributed by atoms with Gasteiger partial charge in [-0.05, 0) is 45.2 Å². The number of amides is 1. The van der Waals surface area contributed by atoms with E-state index in [-0.39, 0.29) is 24.9 Å². The van der Waals surface area contributed by atoms with E-state index in [0.717, 1.165) is 36.2 Å². The molecule has 2 aromatic rings. The Morgan fingerprint density at radius 3 is 2.60 bits per heavy atom. The molecule has 132 valence electrons. The van der Waals surface area contributed by atoms with Gasteiger partial charge >= 0.3 is 5.97 Å². The van der Waals surface area contributed by atoms with Gasteiger partial charge in [0.05, 0.1) is 12.1 Å². The molecule has 1 N–H and O–H groups in total. The van der Waals surface area contributed by atoms with Crippen molar-refractivity contribution in [3.8, 4) is 5.69 Å². The number of carboxylic acids is 1. The van der Waals surface area contributed by atoms with E-state index in [1.807, 2.05) is 48.9 Å². The number of benzene rings is 1. The third-order valence-corrected chi connectivity index (χ3v) is 4.58. The van der Waals surface area contributed by atoms with Crippen LogP contribution < -0.4 is 0 Å². The first-order valence-electron chi connectivity index (χ1n) is 8.68. The minimum Gasteiger partial charge on any atom is -0.481 e. The van der Waals surface area contributed by atoms with Gasteiger partial charge in [-0.15, -0.1) is 0 Å². The van der Waals surface area contributed by atoms with E-state index in [1.54, 1.807) is 4.90 Å². The van der Waals surface area contributed by atoms with Gasteiger partial charge in [0.25, 0.3) is 5.91 Å². The highest BCUT2D eigenvalue weighted by molar-refractivity contribution is 5.94. The second-order valence-electron chi connectivity index (χ2n) is 6.61. The zero-order valence-electron chi connectivity index (χ0n) is 14.6. The van der Waals surface area contributed by atoms with Crippen molar-refractivity contribution in [1.29, 1.82) is 0 Å². The van der Waals surface area contributed by atoms with Crippen molar-refractivity contribution in [3.05, 3.63) is 47.3 Å². The monoisotopic (exact) mass is 341 g/mol. The number of rotatable bonds is 6. The van der Waals surface area contributed by atoms with Crippen molar-refractivity contribution in [3.63, 3.8) is 0 Å². The third-order valence-electron chi connectivity index (χ3n) is 4.58. The Morgan fingerprint density at radius 1 is 1.24 bits per heavy atom. The number of hydrogen-bond donors (Lipinski definition) is 1. The quantitative estimate of drug-likeness (QED) is 0.876. The van der Waals surface area contributed by atoms with Crippen molar-refractivity contribution in [2.75, 3.05) is 6.54 Å². The summed E-state index contributed by atoms with van der Waals surface area (Å²) in [6.07, 6.45) is 2.69. The van der Waals surface area contributed by atoms with Gasteiger partial charge in [-0.3, -0.25) is 9.59 Å². The van der Waals surface area contributed by atoms with Crippen LogP contribution in [0.5, 0.6) is 0 Å². The number of aliphatic carboxylic acids is 1. The fraction of sp³-hybridized carbons (Fsp3) is 0.421. The van der Waals surface area contributed by atoms with Crippen LogP contribution in [-0.2, 0) is 17.6 Å². The van der Waals surface area contributed by atoms with Gasteiger partial charge < -0.3 is 10.0 Å². The van der Waals surface area contributed by atoms with Gasteiger partial charge in [0.2, 0.25) is 0 Å². The molecule has 0 bridgehead atoms. The molecular weight excluding hydrogens is 318 g/mol. The average Bonchev–Trinajstić information content (AvgIpc) is 3.17. The number of fused-ring (bicyclic) bond motifs is 1. The lowest BCUT2D eigenvalue weighted by Crippen LogP contribution is -2.39. The molecule has 0 saturated carbocycles. The molecule has 0 aliphatic heterocycles. The summed E-state index contributed by atoms with van der Waals surface area (Å²) in [6.45, 7) is 3.99. The second-order valence-corrected chi connectivity index (χ2v) is 6.61. The Labute approximate surface area is 147 Å². The molecule has 1 aromatic carbocycles. The summed E-state index contributed by atoms with van der Waals surface area (Å²) in [5.74, 6) is -1.08. The van der Waals surface area contributed by atoms with E-state index < -0.39 is 5.97 Å². The number of nitrogens with zero attached hydrogens (tertiary/aromatic N) is 3. The van der Waals surface area contributed by atoms with Crippen LogP contribution in [0.25, 0.3) is 5.69 Å². The summed E-state index contributed by atoms with van der Waals surface area (Å²) >= 11 is 0. The molecule has 25 heavy (non-hydrogen) atoms. The van der Waals surface area contributed by atoms with Gasteiger partial charge in [0.15, 0.2) is 5.69 Å². The minimum atomic E-state index is -0.904. The van der Waals surface area contributed by atoms with Crippen LogP contribution in [0.1, 0.15) is 48.4 Å². The largest absolute Gasteiger partial charge is 0.481 e. The summed E-state index contributed by atoms with van der Waals surface area (Å²) in [5, 5.41) is 13.6. The zero-order valence-corrected chi connectivity index (χ0v) is 14.6. The maximum Gasteiger partial charge on any atom is 0.305 e. The van der Waals surface area contributed by atoms with E-state index in [0.29, 0.717) is 5.69 Å². The SMILES string of the molecule is CC(C)N(CCC(=O)O)C(=O)c1nn(-c2ccccc2)c2c1CCC2. The molecule has 1 aliphatic rings. The van der Waals surface area contributed by atoms with Crippen molar-refractivity contribution in [2.45, 2.75) is 45.6 Å². The standard InChI is InChI=1S/C19H23N3O3/c1-13(2)21(12-11-17(23)24)19(25)18-15-9-6-10-16(15)22(20-18)14-7-4-3-5-8-14/h3-5,7-8,13H,6,9-12H2,1-2H3,(H,23,24). The molecule has 1 aromatic heterocycles. The van der Waals surface area contributed by atoms with E-state index in [1.165, 1.54) is 0 Å². The molecule has 0 spiro atoms. The molecule has 3 rings (SSSR count). The first-order chi connectivity index (χ1) is 12.0. The predicted octanol–water partition coefficient (Wildman–Crippen LogP) is 2.69. The summed E-state index contributed by atoms with van der Waals surface area (Å²) < 4.78 is 1.87. The number of hydrogen-bond acceptors (Lipinski definition) is 3. The number of carboxylic acid groups (broad SMARTS) is 1. The van der Waals surface area contributed by atoms with Crippen molar-refractivity contribution in [2.24, 2.45) is 0 Å². The Morgan fingerprint density at radius 2 is 1.96 bits per heavy atom. The Balaban J connectivity index is 1.96. The van der Waals surface area contributed by atoms with E-state index in [2.05, 4.69) is 5.10 Å². The van der Waals surface area contributed by atoms with Gasteiger partial charge in [0, 0.05) is 23.8 Å². The average molecular weight is 341 g/mol. The van der Waals surface area contributed by atoms with E-state index in [9.17, 15) is 9.59 Å². The molecule has 1 amide bonds. The van der Waals surface area contributed by atoms with Crippen LogP contribution in [0, 0.1) is 0 Å². The summed E-state index contributed by atoms with van der Waals surface area (Å²) in [5.41, 5.74) is 3.52. The molecule has 6 nitrogen and oxygen atoms in total. The predicted molar refractivity (Wildman–Crippen MR) is 94.0 cm³/mol. The molecule has 0 fully saturated rings. The maximum atomic E-state index is 13.1. The number of carbonyl (C=O) groups excluding carboxylic acids is 1. The third kappa shape index (κ3) is 3.43. The highest BCUT2D eigenvalue weighted by Gasteiger charge is 2.30. The van der Waals surface area contributed by atoms with Gasteiger partial charge in [-0.1, -0.05) is 18.2 Å². The lowest BCUT2D eigenvalue weighted by Gasteiger charge is -2.25. The van der Waals surface area contributed by atoms with E-state index in [4.69, 9.17) is 5.11 Å². The van der Waals surface area contributed by atoms with Gasteiger partial charge in [0.1, 0.15) is 0 Å². The highest BCUT2D eigenvalue weighted by Crippen LogP contribution is 2.28. The first kappa shape index (κ1) is 17.2. The summed E-state index contributed by atoms with van der Waals surface area (Å²) in [7, 11) is 0. The van der Waals surface area contributed by atoms with Crippen LogP contribution in [0.4, 0.5) is 0 Å². The molecular formula is C19H23N3O3. The smallest absolute Gasteiger partial charge is 0.305 e. The van der Waals surface area contributed by atoms with Crippen molar-refractivity contribution in [1.82, 2.24) is 14.7 Å². The maximum absolute atomic E-state index is 13.1. The van der Waals surface area contributed by atoms with Crippen LogP contribution >= 0.6 is 0 Å². The summed E-state index contributed by atoms with van der Waals surface area (Å²) in [6, 6.07) is 9.73. The normalized spacial score (nSPS) is 13.1. The molecule has 6 heteroatoms. The van der Waals surface area contributed by atoms with Gasteiger partial charge in [-0.2, -0.15) is 5.10 Å². The highest BCUT2D eigenvalue weighted by atomic mass is 16.4. The number of aromatic nitrogens is 2. The Hall–Kier alpha value is -2.63. The molecule has 0 saturated heterocycles. The lowest BCUT2D eigenvalue weighted by molar-refractivity contribution is -0.137. The molecule has 1 aliphatic carbocycles. The van der Waals surface area contributed by atoms with Crippen LogP contribution in [0.3, 0.4) is 0 Å².